The van der Waals surface area contributed by atoms with E-state index in [9.17, 15) is 4.79 Å². The number of furan rings is 1. The summed E-state index contributed by atoms with van der Waals surface area (Å²) in [6, 6.07) is 9.52. The van der Waals surface area contributed by atoms with Gasteiger partial charge in [0.15, 0.2) is 0 Å². The molecule has 0 saturated carbocycles. The average Bonchev–Trinajstić information content (AvgIpc) is 3.16. The van der Waals surface area contributed by atoms with Crippen LogP contribution in [-0.4, -0.2) is 23.9 Å². The second-order valence-electron chi connectivity index (χ2n) is 5.64. The maximum absolute atomic E-state index is 12.0. The van der Waals surface area contributed by atoms with Crippen molar-refractivity contribution in [2.75, 3.05) is 18.8 Å². The van der Waals surface area contributed by atoms with Crippen molar-refractivity contribution in [1.29, 1.82) is 0 Å². The third kappa shape index (κ3) is 3.06. The smallest absolute Gasteiger partial charge is 0.246 e. The molecule has 114 valence electrons. The number of amides is 1. The van der Waals surface area contributed by atoms with Crippen LogP contribution in [0.15, 0.2) is 40.8 Å². The molecule has 1 amide bonds. The average molecular weight is 296 g/mol. The van der Waals surface area contributed by atoms with Gasteiger partial charge in [0.2, 0.25) is 5.91 Å². The number of anilines is 1. The van der Waals surface area contributed by atoms with Gasteiger partial charge in [0.1, 0.15) is 11.5 Å². The molecular weight excluding hydrogens is 276 g/mol. The molecule has 3 rings (SSSR count). The summed E-state index contributed by atoms with van der Waals surface area (Å²) in [5.74, 6) is 1.52. The summed E-state index contributed by atoms with van der Waals surface area (Å²) >= 11 is 0. The first kappa shape index (κ1) is 14.4. The number of likely N-dealkylation sites (tertiary alicyclic amines) is 1. The number of hydrogen-bond donors (Lipinski definition) is 1. The predicted molar refractivity (Wildman–Crippen MR) is 88.1 cm³/mol. The van der Waals surface area contributed by atoms with Crippen molar-refractivity contribution in [3.63, 3.8) is 0 Å². The fourth-order valence-corrected chi connectivity index (χ4v) is 2.75. The molecule has 1 aliphatic rings. The van der Waals surface area contributed by atoms with Gasteiger partial charge in [-0.25, -0.2) is 0 Å². The molecule has 0 atom stereocenters. The van der Waals surface area contributed by atoms with Crippen LogP contribution in [0.2, 0.25) is 0 Å². The zero-order valence-electron chi connectivity index (χ0n) is 12.7. The Hall–Kier alpha value is -2.49. The third-order valence-corrected chi connectivity index (χ3v) is 3.95. The van der Waals surface area contributed by atoms with Crippen molar-refractivity contribution in [2.24, 2.45) is 0 Å². The molecule has 4 nitrogen and oxygen atoms in total. The zero-order chi connectivity index (χ0) is 15.5. The Morgan fingerprint density at radius 3 is 2.73 bits per heavy atom. The van der Waals surface area contributed by atoms with Crippen LogP contribution >= 0.6 is 0 Å². The number of nitrogen functional groups attached to an aromatic ring is 1. The van der Waals surface area contributed by atoms with Crippen molar-refractivity contribution in [3.8, 4) is 11.3 Å². The number of nitrogens with zero attached hydrogens (tertiary/aromatic N) is 1. The molecular formula is C18H20N2O2. The number of nitrogens with two attached hydrogens (primary N) is 1. The van der Waals surface area contributed by atoms with Gasteiger partial charge in [0, 0.05) is 30.4 Å². The first-order valence-electron chi connectivity index (χ1n) is 7.57. The molecule has 1 aliphatic heterocycles. The van der Waals surface area contributed by atoms with E-state index in [0.29, 0.717) is 5.76 Å². The Kier molecular flexibility index (Phi) is 4.00. The van der Waals surface area contributed by atoms with Gasteiger partial charge in [-0.05, 0) is 61.7 Å². The summed E-state index contributed by atoms with van der Waals surface area (Å²) in [7, 11) is 0. The van der Waals surface area contributed by atoms with Crippen LogP contribution in [0, 0.1) is 6.92 Å². The monoisotopic (exact) mass is 296 g/mol. The van der Waals surface area contributed by atoms with Crippen molar-refractivity contribution in [2.45, 2.75) is 19.8 Å². The van der Waals surface area contributed by atoms with E-state index in [1.807, 2.05) is 42.2 Å². The lowest BCUT2D eigenvalue weighted by molar-refractivity contribution is -0.124. The molecule has 1 fully saturated rings. The highest BCUT2D eigenvalue weighted by molar-refractivity contribution is 5.91. The molecule has 0 aliphatic carbocycles. The normalized spacial score (nSPS) is 14.9. The van der Waals surface area contributed by atoms with Crippen LogP contribution in [0.3, 0.4) is 0 Å². The molecule has 1 saturated heterocycles. The van der Waals surface area contributed by atoms with Gasteiger partial charge in [-0.2, -0.15) is 0 Å². The molecule has 2 heterocycles. The van der Waals surface area contributed by atoms with Gasteiger partial charge < -0.3 is 15.1 Å². The Morgan fingerprint density at radius 1 is 1.23 bits per heavy atom. The Morgan fingerprint density at radius 2 is 2.00 bits per heavy atom. The lowest BCUT2D eigenvalue weighted by Crippen LogP contribution is -2.25. The van der Waals surface area contributed by atoms with Gasteiger partial charge in [-0.15, -0.1) is 0 Å². The molecule has 0 unspecified atom stereocenters. The molecule has 1 aromatic heterocycles. The van der Waals surface area contributed by atoms with Crippen LogP contribution in [-0.2, 0) is 4.79 Å². The van der Waals surface area contributed by atoms with Gasteiger partial charge in [-0.3, -0.25) is 4.79 Å². The SMILES string of the molecule is Cc1cc(N)ccc1-c1ccc(/C=C/C(=O)N2CCCC2)o1. The molecule has 4 heteroatoms. The summed E-state index contributed by atoms with van der Waals surface area (Å²) in [6.45, 7) is 3.72. The van der Waals surface area contributed by atoms with E-state index >= 15 is 0 Å². The summed E-state index contributed by atoms with van der Waals surface area (Å²) in [5, 5.41) is 0. The Labute approximate surface area is 130 Å². The largest absolute Gasteiger partial charge is 0.457 e. The van der Waals surface area contributed by atoms with Crippen LogP contribution < -0.4 is 5.73 Å². The second-order valence-corrected chi connectivity index (χ2v) is 5.64. The van der Waals surface area contributed by atoms with Crippen LogP contribution in [0.4, 0.5) is 5.69 Å². The lowest BCUT2D eigenvalue weighted by atomic mass is 10.1. The number of carbonyl (C=O) groups excluding carboxylic acids is 1. The fraction of sp³-hybridized carbons (Fsp3) is 0.278. The summed E-state index contributed by atoms with van der Waals surface area (Å²) < 4.78 is 5.81. The molecule has 2 N–H and O–H groups in total. The van der Waals surface area contributed by atoms with E-state index in [1.54, 1.807) is 12.2 Å². The van der Waals surface area contributed by atoms with Crippen molar-refractivity contribution in [1.82, 2.24) is 4.90 Å². The summed E-state index contributed by atoms with van der Waals surface area (Å²) in [4.78, 5) is 13.8. The minimum absolute atomic E-state index is 0.0547. The number of carbonyl (C=O) groups is 1. The third-order valence-electron chi connectivity index (χ3n) is 3.95. The van der Waals surface area contributed by atoms with Crippen LogP contribution in [0.5, 0.6) is 0 Å². The first-order valence-corrected chi connectivity index (χ1v) is 7.57. The van der Waals surface area contributed by atoms with Crippen LogP contribution in [0.25, 0.3) is 17.4 Å². The predicted octanol–water partition coefficient (Wildman–Crippen LogP) is 3.47. The molecule has 2 aromatic rings. The molecule has 0 bridgehead atoms. The van der Waals surface area contributed by atoms with Gasteiger partial charge in [0.25, 0.3) is 0 Å². The highest BCUT2D eigenvalue weighted by Gasteiger charge is 2.15. The quantitative estimate of drug-likeness (QED) is 0.697. The van der Waals surface area contributed by atoms with Gasteiger partial charge >= 0.3 is 0 Å². The number of aryl methyl sites for hydroxylation is 1. The number of benzene rings is 1. The van der Waals surface area contributed by atoms with Crippen molar-refractivity contribution >= 4 is 17.7 Å². The Bertz CT molecular complexity index is 710. The lowest BCUT2D eigenvalue weighted by Gasteiger charge is -2.11. The maximum atomic E-state index is 12.0. The van der Waals surface area contributed by atoms with E-state index in [1.165, 1.54) is 0 Å². The second kappa shape index (κ2) is 6.10. The highest BCUT2D eigenvalue weighted by atomic mass is 16.3. The van der Waals surface area contributed by atoms with E-state index < -0.39 is 0 Å². The van der Waals surface area contributed by atoms with Crippen LogP contribution in [0.1, 0.15) is 24.2 Å². The minimum Gasteiger partial charge on any atom is -0.457 e. The van der Waals surface area contributed by atoms with Gasteiger partial charge in [0.05, 0.1) is 0 Å². The van der Waals surface area contributed by atoms with Gasteiger partial charge in [-0.1, -0.05) is 0 Å². The van der Waals surface area contributed by atoms with Crippen molar-refractivity contribution < 1.29 is 9.21 Å². The minimum atomic E-state index is 0.0547. The first-order chi connectivity index (χ1) is 10.6. The fourth-order valence-electron chi connectivity index (χ4n) is 2.75. The number of rotatable bonds is 3. The Balaban J connectivity index is 1.74. The van der Waals surface area contributed by atoms with E-state index in [4.69, 9.17) is 10.2 Å². The van der Waals surface area contributed by atoms with Crippen molar-refractivity contribution in [3.05, 3.63) is 47.7 Å². The maximum Gasteiger partial charge on any atom is 0.246 e. The number of hydrogen-bond acceptors (Lipinski definition) is 3. The molecule has 22 heavy (non-hydrogen) atoms. The molecule has 0 radical (unpaired) electrons. The highest BCUT2D eigenvalue weighted by Crippen LogP contribution is 2.27. The standard InChI is InChI=1S/C18H20N2O2/c1-13-12-14(19)4-7-16(13)17-8-5-15(22-17)6-9-18(21)20-10-2-3-11-20/h4-9,12H,2-3,10-11,19H2,1H3/b9-6+. The van der Waals surface area contributed by atoms with E-state index in [2.05, 4.69) is 0 Å². The molecule has 0 spiro atoms. The van der Waals surface area contributed by atoms with E-state index in [0.717, 1.165) is 48.5 Å². The summed E-state index contributed by atoms with van der Waals surface area (Å²) in [6.07, 6.45) is 5.52. The molecule has 1 aromatic carbocycles. The zero-order valence-corrected chi connectivity index (χ0v) is 12.7. The van der Waals surface area contributed by atoms with E-state index in [-0.39, 0.29) is 5.91 Å². The topological polar surface area (TPSA) is 59.5 Å². The summed E-state index contributed by atoms with van der Waals surface area (Å²) in [5.41, 5.74) is 8.59.